The molecule has 0 aliphatic carbocycles. The first-order chi connectivity index (χ1) is 8.55. The normalized spacial score (nSPS) is 13.3. The van der Waals surface area contributed by atoms with E-state index < -0.39 is 10.0 Å². The maximum absolute atomic E-state index is 12.2. The lowest BCUT2D eigenvalue weighted by Crippen LogP contribution is -2.37. The molecule has 0 fully saturated rings. The predicted octanol–water partition coefficient (Wildman–Crippen LogP) is 0.675. The molecule has 0 radical (unpaired) electrons. The van der Waals surface area contributed by atoms with Crippen molar-refractivity contribution >= 4 is 15.7 Å². The number of ether oxygens (including phenoxy) is 1. The first-order valence-electron chi connectivity index (χ1n) is 5.62. The van der Waals surface area contributed by atoms with E-state index in [0.717, 1.165) is 0 Å². The van der Waals surface area contributed by atoms with Crippen molar-refractivity contribution in [1.29, 1.82) is 0 Å². The van der Waals surface area contributed by atoms with Gasteiger partial charge in [-0.1, -0.05) is 19.1 Å². The van der Waals surface area contributed by atoms with Gasteiger partial charge in [-0.3, -0.25) is 5.84 Å². The second-order valence-electron chi connectivity index (χ2n) is 3.82. The summed E-state index contributed by atoms with van der Waals surface area (Å²) in [5.74, 6) is 5.30. The Morgan fingerprint density at radius 2 is 2.06 bits per heavy atom. The smallest absolute Gasteiger partial charge is 0.243 e. The van der Waals surface area contributed by atoms with E-state index in [4.69, 9.17) is 10.6 Å². The van der Waals surface area contributed by atoms with Gasteiger partial charge in [0.1, 0.15) is 4.90 Å². The first-order valence-corrected chi connectivity index (χ1v) is 7.10. The monoisotopic (exact) mass is 273 g/mol. The van der Waals surface area contributed by atoms with Gasteiger partial charge in [-0.15, -0.1) is 0 Å². The average molecular weight is 273 g/mol. The summed E-state index contributed by atoms with van der Waals surface area (Å²) in [6.45, 7) is 2.22. The summed E-state index contributed by atoms with van der Waals surface area (Å²) in [5.41, 5.74) is 2.73. The molecule has 0 aromatic heterocycles. The van der Waals surface area contributed by atoms with Crippen LogP contribution in [0.5, 0.6) is 0 Å². The largest absolute Gasteiger partial charge is 0.383 e. The van der Waals surface area contributed by atoms with Crippen molar-refractivity contribution in [2.75, 3.05) is 19.1 Å². The van der Waals surface area contributed by atoms with E-state index in [1.165, 1.54) is 13.2 Å². The fourth-order valence-corrected chi connectivity index (χ4v) is 3.01. The second-order valence-corrected chi connectivity index (χ2v) is 5.50. The molecule has 1 unspecified atom stereocenters. The number of hydrazine groups is 1. The molecular weight excluding hydrogens is 254 g/mol. The van der Waals surface area contributed by atoms with Crippen molar-refractivity contribution in [3.05, 3.63) is 24.3 Å². The molecule has 4 N–H and O–H groups in total. The zero-order valence-electron chi connectivity index (χ0n) is 10.5. The second kappa shape index (κ2) is 6.69. The fraction of sp³-hybridized carbons (Fsp3) is 0.455. The van der Waals surface area contributed by atoms with Crippen LogP contribution in [-0.2, 0) is 14.8 Å². The highest BCUT2D eigenvalue weighted by molar-refractivity contribution is 7.89. The van der Waals surface area contributed by atoms with Crippen LogP contribution in [-0.4, -0.2) is 28.2 Å². The van der Waals surface area contributed by atoms with Gasteiger partial charge in [0.05, 0.1) is 12.3 Å². The molecule has 102 valence electrons. The molecule has 1 atom stereocenters. The number of anilines is 1. The van der Waals surface area contributed by atoms with E-state index >= 15 is 0 Å². The van der Waals surface area contributed by atoms with Crippen LogP contribution < -0.4 is 16.0 Å². The van der Waals surface area contributed by atoms with Crippen molar-refractivity contribution in [3.8, 4) is 0 Å². The van der Waals surface area contributed by atoms with Gasteiger partial charge < -0.3 is 10.2 Å². The quantitative estimate of drug-likeness (QED) is 0.501. The molecule has 0 saturated carbocycles. The van der Waals surface area contributed by atoms with Gasteiger partial charge in [-0.25, -0.2) is 13.1 Å². The molecule has 1 aromatic rings. The minimum absolute atomic E-state index is 0.127. The minimum Gasteiger partial charge on any atom is -0.383 e. The van der Waals surface area contributed by atoms with Crippen molar-refractivity contribution in [2.45, 2.75) is 24.3 Å². The summed E-state index contributed by atoms with van der Waals surface area (Å²) < 4.78 is 31.9. The maximum atomic E-state index is 12.2. The number of nitrogens with one attached hydrogen (secondary N) is 2. The lowest BCUT2D eigenvalue weighted by atomic mass is 10.3. The molecule has 1 aromatic carbocycles. The molecule has 18 heavy (non-hydrogen) atoms. The summed E-state index contributed by atoms with van der Waals surface area (Å²) >= 11 is 0. The maximum Gasteiger partial charge on any atom is 0.243 e. The molecule has 0 amide bonds. The number of benzene rings is 1. The molecule has 0 spiro atoms. The topological polar surface area (TPSA) is 93.4 Å². The number of nitrogen functional groups attached to an aromatic ring is 1. The summed E-state index contributed by atoms with van der Waals surface area (Å²) in [6.07, 6.45) is 0.644. The van der Waals surface area contributed by atoms with Gasteiger partial charge in [0.15, 0.2) is 0 Å². The van der Waals surface area contributed by atoms with E-state index in [1.54, 1.807) is 18.2 Å². The standard InChI is InChI=1S/C11H19N3O3S/c1-3-9(8-17-2)14-18(15,16)11-7-5-4-6-10(11)13-12/h4-7,9,13-14H,3,8,12H2,1-2H3. The van der Waals surface area contributed by atoms with Gasteiger partial charge in [0.2, 0.25) is 10.0 Å². The third-order valence-corrected chi connectivity index (χ3v) is 4.09. The molecule has 0 aliphatic heterocycles. The molecule has 6 nitrogen and oxygen atoms in total. The van der Waals surface area contributed by atoms with Crippen molar-refractivity contribution in [1.82, 2.24) is 4.72 Å². The zero-order valence-corrected chi connectivity index (χ0v) is 11.3. The Kier molecular flexibility index (Phi) is 5.54. The molecule has 0 aliphatic rings. The Labute approximate surface area is 108 Å². The third kappa shape index (κ3) is 3.67. The van der Waals surface area contributed by atoms with Crippen molar-refractivity contribution in [3.63, 3.8) is 0 Å². The highest BCUT2D eigenvalue weighted by atomic mass is 32.2. The molecule has 0 bridgehead atoms. The van der Waals surface area contributed by atoms with Gasteiger partial charge in [-0.05, 0) is 18.6 Å². The van der Waals surface area contributed by atoms with E-state index in [2.05, 4.69) is 10.1 Å². The third-order valence-electron chi connectivity index (χ3n) is 2.51. The SMILES string of the molecule is CCC(COC)NS(=O)(=O)c1ccccc1NN. The van der Waals surface area contributed by atoms with Crippen LogP contribution in [0.15, 0.2) is 29.2 Å². The average Bonchev–Trinajstić information content (AvgIpc) is 2.38. The number of para-hydroxylation sites is 1. The Morgan fingerprint density at radius 3 is 2.61 bits per heavy atom. The van der Waals surface area contributed by atoms with Crippen LogP contribution in [0.4, 0.5) is 5.69 Å². The summed E-state index contributed by atoms with van der Waals surface area (Å²) in [6, 6.07) is 6.20. The van der Waals surface area contributed by atoms with Crippen LogP contribution in [0, 0.1) is 0 Å². The van der Waals surface area contributed by atoms with Crippen LogP contribution in [0.25, 0.3) is 0 Å². The number of rotatable bonds is 7. The minimum atomic E-state index is -3.61. The lowest BCUT2D eigenvalue weighted by molar-refractivity contribution is 0.173. The zero-order chi connectivity index (χ0) is 13.6. The lowest BCUT2D eigenvalue weighted by Gasteiger charge is -2.17. The highest BCUT2D eigenvalue weighted by Gasteiger charge is 2.21. The van der Waals surface area contributed by atoms with Gasteiger partial charge in [0.25, 0.3) is 0 Å². The Hall–Kier alpha value is -1.15. The number of nitrogens with two attached hydrogens (primary N) is 1. The number of hydrogen-bond acceptors (Lipinski definition) is 5. The summed E-state index contributed by atoms with van der Waals surface area (Å²) in [4.78, 5) is 0.127. The van der Waals surface area contributed by atoms with E-state index in [9.17, 15) is 8.42 Å². The molecular formula is C11H19N3O3S. The number of hydrogen-bond donors (Lipinski definition) is 3. The number of sulfonamides is 1. The van der Waals surface area contributed by atoms with Crippen molar-refractivity contribution in [2.24, 2.45) is 5.84 Å². The van der Waals surface area contributed by atoms with Gasteiger partial charge >= 0.3 is 0 Å². The van der Waals surface area contributed by atoms with Gasteiger partial charge in [0, 0.05) is 13.2 Å². The van der Waals surface area contributed by atoms with Crippen molar-refractivity contribution < 1.29 is 13.2 Å². The van der Waals surface area contributed by atoms with E-state index in [0.29, 0.717) is 18.7 Å². The predicted molar refractivity (Wildman–Crippen MR) is 70.5 cm³/mol. The van der Waals surface area contributed by atoms with Crippen LogP contribution in [0.3, 0.4) is 0 Å². The Bertz CT molecular complexity index is 476. The van der Waals surface area contributed by atoms with E-state index in [-0.39, 0.29) is 10.9 Å². The van der Waals surface area contributed by atoms with Crippen LogP contribution >= 0.6 is 0 Å². The first kappa shape index (κ1) is 14.9. The summed E-state index contributed by atoms with van der Waals surface area (Å²) in [7, 11) is -2.07. The highest BCUT2D eigenvalue weighted by Crippen LogP contribution is 2.19. The van der Waals surface area contributed by atoms with Gasteiger partial charge in [-0.2, -0.15) is 0 Å². The molecule has 7 heteroatoms. The van der Waals surface area contributed by atoms with E-state index in [1.807, 2.05) is 6.92 Å². The molecule has 0 saturated heterocycles. The number of methoxy groups -OCH3 is 1. The molecule has 1 rings (SSSR count). The molecule has 0 heterocycles. The Morgan fingerprint density at radius 1 is 1.39 bits per heavy atom. The van der Waals surface area contributed by atoms with Crippen LogP contribution in [0.2, 0.25) is 0 Å². The fourth-order valence-electron chi connectivity index (χ4n) is 1.54. The Balaban J connectivity index is 2.98. The van der Waals surface area contributed by atoms with Crippen LogP contribution in [0.1, 0.15) is 13.3 Å². The summed E-state index contributed by atoms with van der Waals surface area (Å²) in [5, 5.41) is 0.